The minimum atomic E-state index is 0. The van der Waals surface area contributed by atoms with E-state index in [1.807, 2.05) is 24.3 Å². The number of hydrogen-bond donors (Lipinski definition) is 0. The quantitative estimate of drug-likeness (QED) is 0.583. The maximum atomic E-state index is 6.46. The Kier molecular flexibility index (Phi) is 6.25. The van der Waals surface area contributed by atoms with Crippen molar-refractivity contribution in [2.24, 2.45) is 0 Å². The highest BCUT2D eigenvalue weighted by Crippen LogP contribution is 2.33. The fourth-order valence-corrected chi connectivity index (χ4v) is 3.92. The number of pyridine rings is 1. The maximum absolute atomic E-state index is 6.46. The molecular formula is C22H25Cl2N3. The molecule has 5 heteroatoms. The Morgan fingerprint density at radius 2 is 1.74 bits per heavy atom. The van der Waals surface area contributed by atoms with Gasteiger partial charge in [0.2, 0.25) is 0 Å². The molecule has 1 saturated heterocycles. The van der Waals surface area contributed by atoms with Gasteiger partial charge in [-0.2, -0.15) is 0 Å². The predicted octanol–water partition coefficient (Wildman–Crippen LogP) is 5.43. The first-order chi connectivity index (χ1) is 12.7. The summed E-state index contributed by atoms with van der Waals surface area (Å²) in [6.45, 7) is 9.66. The van der Waals surface area contributed by atoms with Crippen molar-refractivity contribution in [3.05, 3.63) is 59.1 Å². The second-order valence-electron chi connectivity index (χ2n) is 6.96. The Bertz CT molecular complexity index is 934. The zero-order valence-corrected chi connectivity index (χ0v) is 17.4. The fraction of sp³-hybridized carbons (Fsp3) is 0.318. The van der Waals surface area contributed by atoms with Crippen molar-refractivity contribution in [2.75, 3.05) is 37.6 Å². The minimum absolute atomic E-state index is 0. The van der Waals surface area contributed by atoms with Crippen LogP contribution in [0.3, 0.4) is 0 Å². The van der Waals surface area contributed by atoms with E-state index in [4.69, 9.17) is 16.6 Å². The Labute approximate surface area is 172 Å². The van der Waals surface area contributed by atoms with Gasteiger partial charge < -0.3 is 9.80 Å². The Hall–Kier alpha value is -1.81. The zero-order valence-electron chi connectivity index (χ0n) is 15.8. The summed E-state index contributed by atoms with van der Waals surface area (Å²) in [5.74, 6) is 1.08. The Balaban J connectivity index is 0.00000210. The largest absolute Gasteiger partial charge is 0.354 e. The van der Waals surface area contributed by atoms with Gasteiger partial charge in [0.15, 0.2) is 0 Å². The van der Waals surface area contributed by atoms with E-state index in [-0.39, 0.29) is 12.4 Å². The molecule has 2 heterocycles. The van der Waals surface area contributed by atoms with Gasteiger partial charge in [0.05, 0.1) is 5.69 Å². The highest BCUT2D eigenvalue weighted by atomic mass is 35.5. The lowest BCUT2D eigenvalue weighted by Gasteiger charge is -2.35. The molecule has 0 amide bonds. The summed E-state index contributed by atoms with van der Waals surface area (Å²) >= 11 is 6.46. The molecule has 0 atom stereocenters. The number of aromatic nitrogens is 1. The Morgan fingerprint density at radius 3 is 2.44 bits per heavy atom. The van der Waals surface area contributed by atoms with Gasteiger partial charge in [0.1, 0.15) is 5.82 Å². The van der Waals surface area contributed by atoms with Gasteiger partial charge in [0, 0.05) is 42.2 Å². The molecule has 0 radical (unpaired) electrons. The van der Waals surface area contributed by atoms with Crippen molar-refractivity contribution >= 4 is 40.6 Å². The molecule has 0 saturated carbocycles. The van der Waals surface area contributed by atoms with Gasteiger partial charge in [-0.05, 0) is 31.0 Å². The molecular weight excluding hydrogens is 377 g/mol. The van der Waals surface area contributed by atoms with Crippen molar-refractivity contribution in [1.82, 2.24) is 9.88 Å². The molecule has 0 spiro atoms. The molecule has 1 aromatic heterocycles. The number of likely N-dealkylation sites (N-methyl/N-ethyl adjacent to an activating group) is 1. The van der Waals surface area contributed by atoms with E-state index in [0.29, 0.717) is 0 Å². The third kappa shape index (κ3) is 4.06. The topological polar surface area (TPSA) is 19.4 Å². The number of nitrogens with zero attached hydrogens (tertiary/aromatic N) is 3. The third-order valence-electron chi connectivity index (χ3n) is 5.24. The van der Waals surface area contributed by atoms with Crippen molar-refractivity contribution in [3.63, 3.8) is 0 Å². The maximum Gasteiger partial charge on any atom is 0.137 e. The van der Waals surface area contributed by atoms with Crippen LogP contribution in [0.15, 0.2) is 48.5 Å². The molecule has 0 bridgehead atoms. The minimum Gasteiger partial charge on any atom is -0.354 e. The summed E-state index contributed by atoms with van der Waals surface area (Å²) in [4.78, 5) is 9.97. The standard InChI is InChI=1S/C22H24ClN3.ClH/c1-3-25-10-12-26(13-11-25)22-18-9-8-16(2)14-17(18)15-21(24-22)19-6-4-5-7-20(19)23;/h4-9,14-15H,3,10-13H2,1-2H3;1H. The number of benzene rings is 2. The average Bonchev–Trinajstić information content (AvgIpc) is 2.67. The first-order valence-electron chi connectivity index (χ1n) is 9.29. The number of hydrogen-bond acceptors (Lipinski definition) is 3. The van der Waals surface area contributed by atoms with Crippen molar-refractivity contribution < 1.29 is 0 Å². The van der Waals surface area contributed by atoms with E-state index in [2.05, 4.69) is 47.9 Å². The lowest BCUT2D eigenvalue weighted by atomic mass is 10.0. The summed E-state index contributed by atoms with van der Waals surface area (Å²) in [5.41, 5.74) is 3.20. The number of anilines is 1. The second kappa shape index (κ2) is 8.47. The smallest absolute Gasteiger partial charge is 0.137 e. The van der Waals surface area contributed by atoms with Crippen molar-refractivity contribution in [2.45, 2.75) is 13.8 Å². The molecule has 0 aliphatic carbocycles. The van der Waals surface area contributed by atoms with Crippen LogP contribution >= 0.6 is 24.0 Å². The summed E-state index contributed by atoms with van der Waals surface area (Å²) < 4.78 is 0. The van der Waals surface area contributed by atoms with Crippen LogP contribution in [0.5, 0.6) is 0 Å². The highest BCUT2D eigenvalue weighted by Gasteiger charge is 2.20. The number of halogens is 2. The van der Waals surface area contributed by atoms with Crippen LogP contribution in [0.25, 0.3) is 22.0 Å². The molecule has 3 nitrogen and oxygen atoms in total. The van der Waals surface area contributed by atoms with E-state index in [9.17, 15) is 0 Å². The highest BCUT2D eigenvalue weighted by molar-refractivity contribution is 6.33. The van der Waals surface area contributed by atoms with E-state index >= 15 is 0 Å². The van der Waals surface area contributed by atoms with E-state index in [1.54, 1.807) is 0 Å². The summed E-state index contributed by atoms with van der Waals surface area (Å²) in [6.07, 6.45) is 0. The molecule has 27 heavy (non-hydrogen) atoms. The van der Waals surface area contributed by atoms with Gasteiger partial charge in [-0.15, -0.1) is 12.4 Å². The fourth-order valence-electron chi connectivity index (χ4n) is 3.68. The number of fused-ring (bicyclic) bond motifs is 1. The van der Waals surface area contributed by atoms with Crippen LogP contribution in [-0.4, -0.2) is 42.6 Å². The number of rotatable bonds is 3. The molecule has 1 aliphatic rings. The first-order valence-corrected chi connectivity index (χ1v) is 9.67. The van der Waals surface area contributed by atoms with E-state index in [1.165, 1.54) is 16.3 Å². The van der Waals surface area contributed by atoms with E-state index < -0.39 is 0 Å². The first kappa shape index (κ1) is 19.9. The Morgan fingerprint density at radius 1 is 1.00 bits per heavy atom. The molecule has 142 valence electrons. The second-order valence-corrected chi connectivity index (χ2v) is 7.36. The van der Waals surface area contributed by atoms with Crippen molar-refractivity contribution in [1.29, 1.82) is 0 Å². The SMILES string of the molecule is CCN1CCN(c2nc(-c3ccccc3Cl)cc3cc(C)ccc23)CC1.Cl. The average molecular weight is 402 g/mol. The summed E-state index contributed by atoms with van der Waals surface area (Å²) in [5, 5.41) is 3.19. The van der Waals surface area contributed by atoms with Gasteiger partial charge in [-0.1, -0.05) is 60.5 Å². The number of aryl methyl sites for hydroxylation is 1. The lowest BCUT2D eigenvalue weighted by molar-refractivity contribution is 0.271. The number of piperazine rings is 1. The zero-order chi connectivity index (χ0) is 18.1. The van der Waals surface area contributed by atoms with Crippen LogP contribution in [0.1, 0.15) is 12.5 Å². The molecule has 0 N–H and O–H groups in total. The molecule has 1 fully saturated rings. The third-order valence-corrected chi connectivity index (χ3v) is 5.56. The summed E-state index contributed by atoms with van der Waals surface area (Å²) in [7, 11) is 0. The molecule has 0 unspecified atom stereocenters. The molecule has 3 aromatic rings. The van der Waals surface area contributed by atoms with Gasteiger partial charge in [0.25, 0.3) is 0 Å². The summed E-state index contributed by atoms with van der Waals surface area (Å²) in [6, 6.07) is 16.7. The monoisotopic (exact) mass is 401 g/mol. The van der Waals surface area contributed by atoms with E-state index in [0.717, 1.165) is 54.8 Å². The van der Waals surface area contributed by atoms with Gasteiger partial charge in [-0.25, -0.2) is 4.98 Å². The molecule has 2 aromatic carbocycles. The van der Waals surface area contributed by atoms with Crippen LogP contribution in [-0.2, 0) is 0 Å². The van der Waals surface area contributed by atoms with Crippen LogP contribution in [0.2, 0.25) is 5.02 Å². The predicted molar refractivity (Wildman–Crippen MR) is 119 cm³/mol. The molecule has 4 rings (SSSR count). The van der Waals surface area contributed by atoms with Crippen LogP contribution in [0.4, 0.5) is 5.82 Å². The molecule has 1 aliphatic heterocycles. The van der Waals surface area contributed by atoms with Crippen LogP contribution in [0, 0.1) is 6.92 Å². The lowest BCUT2D eigenvalue weighted by Crippen LogP contribution is -2.46. The van der Waals surface area contributed by atoms with Crippen molar-refractivity contribution in [3.8, 4) is 11.3 Å². The normalized spacial score (nSPS) is 15.0. The van der Waals surface area contributed by atoms with Gasteiger partial charge >= 0.3 is 0 Å². The van der Waals surface area contributed by atoms with Gasteiger partial charge in [-0.3, -0.25) is 0 Å². The van der Waals surface area contributed by atoms with Crippen LogP contribution < -0.4 is 4.90 Å².